The summed E-state index contributed by atoms with van der Waals surface area (Å²) in [5.74, 6) is -0.577. The van der Waals surface area contributed by atoms with Gasteiger partial charge in [0.25, 0.3) is 0 Å². The summed E-state index contributed by atoms with van der Waals surface area (Å²) in [4.78, 5) is 19.8. The zero-order valence-electron chi connectivity index (χ0n) is 8.60. The van der Waals surface area contributed by atoms with E-state index in [1.807, 2.05) is 30.3 Å². The van der Waals surface area contributed by atoms with Gasteiger partial charge in [-0.2, -0.15) is 4.89 Å². The molecule has 1 aromatic rings. The molecule has 0 bridgehead atoms. The fraction of sp³-hybridized carbons (Fsp3) is 0.182. The average Bonchev–Trinajstić information content (AvgIpc) is 2.27. The molecule has 4 heteroatoms. The van der Waals surface area contributed by atoms with E-state index in [1.165, 1.54) is 14.2 Å². The third-order valence-corrected chi connectivity index (χ3v) is 1.68. The quantitative estimate of drug-likeness (QED) is 0.327. The first kappa shape index (κ1) is 11.3. The number of hydrogen-bond donors (Lipinski definition) is 0. The molecule has 0 aromatic heterocycles. The van der Waals surface area contributed by atoms with Gasteiger partial charge in [0.05, 0.1) is 14.2 Å². The van der Waals surface area contributed by atoms with Crippen LogP contribution in [0.25, 0.3) is 6.08 Å². The van der Waals surface area contributed by atoms with Crippen molar-refractivity contribution in [1.82, 2.24) is 0 Å². The second-order valence-corrected chi connectivity index (χ2v) is 2.66. The Balaban J connectivity index is 2.83. The van der Waals surface area contributed by atoms with Gasteiger partial charge >= 0.3 is 5.97 Å². The minimum absolute atomic E-state index is 0.0862. The Morgan fingerprint density at radius 1 is 1.20 bits per heavy atom. The Hall–Kier alpha value is -1.81. The van der Waals surface area contributed by atoms with Crippen LogP contribution in [0.4, 0.5) is 0 Å². The first-order valence-corrected chi connectivity index (χ1v) is 4.33. The summed E-state index contributed by atoms with van der Waals surface area (Å²) in [6.07, 6.45) is 1.57. The van der Waals surface area contributed by atoms with Crippen LogP contribution in [0.15, 0.2) is 36.1 Å². The smallest absolute Gasteiger partial charge is 0.407 e. The van der Waals surface area contributed by atoms with Crippen molar-refractivity contribution in [2.45, 2.75) is 0 Å². The standard InChI is InChI=1S/C11H12O4/c1-13-10(11(12)15-14-2)8-9-6-4-3-5-7-9/h3-8H,1-2H3. The number of carbonyl (C=O) groups excluding carboxylic acids is 1. The normalized spacial score (nSPS) is 10.9. The van der Waals surface area contributed by atoms with Crippen molar-refractivity contribution < 1.29 is 19.3 Å². The van der Waals surface area contributed by atoms with Crippen molar-refractivity contribution in [3.8, 4) is 0 Å². The highest BCUT2D eigenvalue weighted by atomic mass is 17.2. The lowest BCUT2D eigenvalue weighted by Crippen LogP contribution is -2.08. The maximum Gasteiger partial charge on any atom is 0.407 e. The number of benzene rings is 1. The molecular weight excluding hydrogens is 196 g/mol. The number of ether oxygens (including phenoxy) is 1. The first-order chi connectivity index (χ1) is 7.27. The van der Waals surface area contributed by atoms with E-state index < -0.39 is 5.97 Å². The molecule has 0 aliphatic heterocycles. The number of hydrogen-bond acceptors (Lipinski definition) is 4. The topological polar surface area (TPSA) is 44.8 Å². The molecule has 15 heavy (non-hydrogen) atoms. The fourth-order valence-electron chi connectivity index (χ4n) is 1.02. The highest BCUT2D eigenvalue weighted by Crippen LogP contribution is 2.08. The molecule has 0 atom stereocenters. The fourth-order valence-corrected chi connectivity index (χ4v) is 1.02. The van der Waals surface area contributed by atoms with Crippen LogP contribution in [-0.2, 0) is 19.3 Å². The van der Waals surface area contributed by atoms with Crippen molar-refractivity contribution in [2.24, 2.45) is 0 Å². The molecule has 0 fully saturated rings. The van der Waals surface area contributed by atoms with E-state index in [2.05, 4.69) is 9.78 Å². The van der Waals surface area contributed by atoms with Crippen LogP contribution in [0.5, 0.6) is 0 Å². The van der Waals surface area contributed by atoms with Crippen molar-refractivity contribution in [2.75, 3.05) is 14.2 Å². The molecule has 0 spiro atoms. The largest absolute Gasteiger partial charge is 0.490 e. The van der Waals surface area contributed by atoms with Gasteiger partial charge in [-0.3, -0.25) is 4.89 Å². The molecule has 1 aromatic carbocycles. The number of carbonyl (C=O) groups is 1. The van der Waals surface area contributed by atoms with Gasteiger partial charge in [-0.05, 0) is 11.6 Å². The minimum Gasteiger partial charge on any atom is -0.490 e. The monoisotopic (exact) mass is 208 g/mol. The lowest BCUT2D eigenvalue weighted by molar-refractivity contribution is -0.253. The van der Waals surface area contributed by atoms with Crippen LogP contribution in [0.3, 0.4) is 0 Å². The van der Waals surface area contributed by atoms with E-state index in [-0.39, 0.29) is 5.76 Å². The van der Waals surface area contributed by atoms with Crippen LogP contribution in [0.2, 0.25) is 0 Å². The molecule has 0 aliphatic carbocycles. The van der Waals surface area contributed by atoms with E-state index in [9.17, 15) is 4.79 Å². The summed E-state index contributed by atoms with van der Waals surface area (Å²) in [5.41, 5.74) is 0.849. The molecule has 0 amide bonds. The molecule has 0 N–H and O–H groups in total. The Bertz CT molecular complexity index is 343. The first-order valence-electron chi connectivity index (χ1n) is 4.33. The molecule has 0 radical (unpaired) electrons. The highest BCUT2D eigenvalue weighted by Gasteiger charge is 2.11. The van der Waals surface area contributed by atoms with Crippen LogP contribution in [0, 0.1) is 0 Å². The minimum atomic E-state index is -0.663. The summed E-state index contributed by atoms with van der Waals surface area (Å²) < 4.78 is 4.88. The zero-order chi connectivity index (χ0) is 11.1. The van der Waals surface area contributed by atoms with Gasteiger partial charge in [0.2, 0.25) is 5.76 Å². The van der Waals surface area contributed by atoms with Crippen molar-refractivity contribution in [3.05, 3.63) is 41.7 Å². The molecule has 1 rings (SSSR count). The van der Waals surface area contributed by atoms with Gasteiger partial charge in [0.15, 0.2) is 0 Å². The molecule has 80 valence electrons. The third-order valence-electron chi connectivity index (χ3n) is 1.68. The maximum atomic E-state index is 11.2. The molecule has 0 saturated heterocycles. The van der Waals surface area contributed by atoms with E-state index in [4.69, 9.17) is 4.74 Å². The van der Waals surface area contributed by atoms with Gasteiger partial charge in [0, 0.05) is 0 Å². The lowest BCUT2D eigenvalue weighted by Gasteiger charge is -2.03. The number of methoxy groups -OCH3 is 1. The molecular formula is C11H12O4. The molecule has 4 nitrogen and oxygen atoms in total. The van der Waals surface area contributed by atoms with Gasteiger partial charge in [-0.25, -0.2) is 4.79 Å². The van der Waals surface area contributed by atoms with E-state index >= 15 is 0 Å². The van der Waals surface area contributed by atoms with Gasteiger partial charge in [-0.1, -0.05) is 30.3 Å². The van der Waals surface area contributed by atoms with Gasteiger partial charge < -0.3 is 4.74 Å². The summed E-state index contributed by atoms with van der Waals surface area (Å²) in [6, 6.07) is 9.30. The SMILES string of the molecule is COOC(=O)C(=Cc1ccccc1)OC. The molecule has 0 aliphatic rings. The van der Waals surface area contributed by atoms with Crippen LogP contribution < -0.4 is 0 Å². The van der Waals surface area contributed by atoms with Crippen LogP contribution >= 0.6 is 0 Å². The molecule has 0 saturated carbocycles. The van der Waals surface area contributed by atoms with Gasteiger partial charge in [-0.15, -0.1) is 0 Å². The maximum absolute atomic E-state index is 11.2. The summed E-state index contributed by atoms with van der Waals surface area (Å²) in [7, 11) is 2.65. The van der Waals surface area contributed by atoms with Crippen molar-refractivity contribution in [3.63, 3.8) is 0 Å². The predicted octanol–water partition coefficient (Wildman–Crippen LogP) is 1.78. The summed E-state index contributed by atoms with van der Waals surface area (Å²) >= 11 is 0. The van der Waals surface area contributed by atoms with Gasteiger partial charge in [0.1, 0.15) is 0 Å². The summed E-state index contributed by atoms with van der Waals surface area (Å²) in [6.45, 7) is 0. The van der Waals surface area contributed by atoms with E-state index in [1.54, 1.807) is 6.08 Å². The van der Waals surface area contributed by atoms with Crippen molar-refractivity contribution >= 4 is 12.0 Å². The van der Waals surface area contributed by atoms with Crippen LogP contribution in [0.1, 0.15) is 5.56 Å². The highest BCUT2D eigenvalue weighted by molar-refractivity contribution is 5.91. The Kier molecular flexibility index (Phi) is 4.37. The second kappa shape index (κ2) is 5.82. The second-order valence-electron chi connectivity index (χ2n) is 2.66. The zero-order valence-corrected chi connectivity index (χ0v) is 8.60. The van der Waals surface area contributed by atoms with E-state index in [0.29, 0.717) is 0 Å². The van der Waals surface area contributed by atoms with E-state index in [0.717, 1.165) is 5.56 Å². The lowest BCUT2D eigenvalue weighted by atomic mass is 10.2. The predicted molar refractivity (Wildman–Crippen MR) is 54.5 cm³/mol. The molecule has 0 unspecified atom stereocenters. The third kappa shape index (κ3) is 3.44. The number of rotatable bonds is 4. The van der Waals surface area contributed by atoms with Crippen LogP contribution in [-0.4, -0.2) is 20.2 Å². The van der Waals surface area contributed by atoms with Crippen molar-refractivity contribution in [1.29, 1.82) is 0 Å². The summed E-state index contributed by atoms with van der Waals surface area (Å²) in [5, 5.41) is 0. The Morgan fingerprint density at radius 3 is 2.40 bits per heavy atom. The molecule has 0 heterocycles. The average molecular weight is 208 g/mol. The Labute approximate surface area is 88.0 Å². The Morgan fingerprint density at radius 2 is 1.87 bits per heavy atom.